The summed E-state index contributed by atoms with van der Waals surface area (Å²) in [5.74, 6) is 1.15. The summed E-state index contributed by atoms with van der Waals surface area (Å²) in [5, 5.41) is 10.6. The number of hydrogen-bond donors (Lipinski definition) is 1. The summed E-state index contributed by atoms with van der Waals surface area (Å²) in [6.45, 7) is 1.03. The molecule has 1 fully saturated rings. The van der Waals surface area contributed by atoms with E-state index >= 15 is 0 Å². The third-order valence-corrected chi connectivity index (χ3v) is 6.32. The highest BCUT2D eigenvalue weighted by Crippen LogP contribution is 2.46. The molecule has 0 aromatic heterocycles. The van der Waals surface area contributed by atoms with Gasteiger partial charge in [-0.1, -0.05) is 67.0 Å². The molecule has 1 saturated carbocycles. The molecule has 0 amide bonds. The second-order valence-electron chi connectivity index (χ2n) is 8.33. The number of fused-ring (bicyclic) bond motifs is 1. The molecular formula is C25H30N2. The van der Waals surface area contributed by atoms with Gasteiger partial charge < -0.3 is 10.3 Å². The molecule has 0 aliphatic heterocycles. The Hall–Kier alpha value is -2.19. The molecule has 2 aromatic carbocycles. The van der Waals surface area contributed by atoms with E-state index in [4.69, 9.17) is 5.41 Å². The van der Waals surface area contributed by atoms with E-state index in [9.17, 15) is 0 Å². The zero-order valence-corrected chi connectivity index (χ0v) is 16.5. The third-order valence-electron chi connectivity index (χ3n) is 6.32. The molecule has 27 heavy (non-hydrogen) atoms. The van der Waals surface area contributed by atoms with Gasteiger partial charge in [-0.25, -0.2) is 0 Å². The standard InChI is InChI=1S/C25H30N2/c1-27(2)17-19-9-7-13-21(19)22-11-5-6-12-23(22)24-15-14-18-8-3-4-10-20(18)25(24)16-26/h3-4,7-10,14-16,22-23,26H,5-6,11-13,17H2,1-2H3. The number of rotatable bonds is 5. The third kappa shape index (κ3) is 3.51. The average molecular weight is 359 g/mol. The maximum absolute atomic E-state index is 8.14. The number of benzene rings is 2. The average Bonchev–Trinajstić information content (AvgIpc) is 3.14. The van der Waals surface area contributed by atoms with E-state index < -0.39 is 0 Å². The van der Waals surface area contributed by atoms with E-state index in [2.05, 4.69) is 67.5 Å². The van der Waals surface area contributed by atoms with Gasteiger partial charge in [0.1, 0.15) is 0 Å². The molecule has 0 bridgehead atoms. The second-order valence-corrected chi connectivity index (χ2v) is 8.33. The lowest BCUT2D eigenvalue weighted by Gasteiger charge is -2.35. The first-order chi connectivity index (χ1) is 13.2. The Labute approximate surface area is 163 Å². The smallest absolute Gasteiger partial charge is 0.0259 e. The Morgan fingerprint density at radius 3 is 2.59 bits per heavy atom. The zero-order valence-electron chi connectivity index (χ0n) is 16.5. The van der Waals surface area contributed by atoms with Crippen LogP contribution in [0.5, 0.6) is 0 Å². The number of nitrogens with one attached hydrogen (secondary N) is 1. The van der Waals surface area contributed by atoms with Crippen LogP contribution in [-0.2, 0) is 0 Å². The zero-order chi connectivity index (χ0) is 18.8. The minimum atomic E-state index is 0.534. The van der Waals surface area contributed by atoms with Crippen molar-refractivity contribution in [3.05, 3.63) is 70.8 Å². The van der Waals surface area contributed by atoms with Crippen molar-refractivity contribution in [1.82, 2.24) is 4.90 Å². The van der Waals surface area contributed by atoms with Crippen molar-refractivity contribution in [2.45, 2.75) is 38.0 Å². The largest absolute Gasteiger partial charge is 0.308 e. The lowest BCUT2D eigenvalue weighted by molar-refractivity contribution is 0.341. The molecule has 0 heterocycles. The first-order valence-corrected chi connectivity index (χ1v) is 10.2. The molecule has 2 unspecified atom stereocenters. The Kier molecular flexibility index (Phi) is 5.27. The predicted molar refractivity (Wildman–Crippen MR) is 116 cm³/mol. The predicted octanol–water partition coefficient (Wildman–Crippen LogP) is 5.93. The molecule has 1 N–H and O–H groups in total. The number of allylic oxidation sites excluding steroid dienone is 2. The quantitative estimate of drug-likeness (QED) is 0.659. The highest BCUT2D eigenvalue weighted by molar-refractivity contribution is 6.00. The van der Waals surface area contributed by atoms with Gasteiger partial charge >= 0.3 is 0 Å². The number of likely N-dealkylation sites (N-methyl/N-ethyl adjacent to an activating group) is 1. The Morgan fingerprint density at radius 1 is 1.04 bits per heavy atom. The fourth-order valence-corrected chi connectivity index (χ4v) is 5.17. The monoisotopic (exact) mass is 358 g/mol. The fourth-order valence-electron chi connectivity index (χ4n) is 5.17. The minimum absolute atomic E-state index is 0.534. The lowest BCUT2D eigenvalue weighted by Crippen LogP contribution is -2.23. The van der Waals surface area contributed by atoms with Gasteiger partial charge in [-0.3, -0.25) is 0 Å². The molecule has 2 heteroatoms. The summed E-state index contributed by atoms with van der Waals surface area (Å²) >= 11 is 0. The Morgan fingerprint density at radius 2 is 1.81 bits per heavy atom. The van der Waals surface area contributed by atoms with E-state index in [1.165, 1.54) is 47.6 Å². The van der Waals surface area contributed by atoms with E-state index in [0.29, 0.717) is 11.8 Å². The van der Waals surface area contributed by atoms with Crippen molar-refractivity contribution in [3.63, 3.8) is 0 Å². The normalized spacial score (nSPS) is 22.8. The summed E-state index contributed by atoms with van der Waals surface area (Å²) < 4.78 is 0. The van der Waals surface area contributed by atoms with Gasteiger partial charge in [-0.2, -0.15) is 0 Å². The van der Waals surface area contributed by atoms with Crippen LogP contribution in [-0.4, -0.2) is 31.8 Å². The maximum Gasteiger partial charge on any atom is 0.0259 e. The molecule has 0 saturated heterocycles. The molecule has 0 radical (unpaired) electrons. The fraction of sp³-hybridized carbons (Fsp3) is 0.400. The Balaban J connectivity index is 1.78. The SMILES string of the molecule is CN(C)CC1=C(C2CCCCC2c2ccc3ccccc3c2C=N)CC=C1. The molecule has 0 spiro atoms. The molecule has 2 nitrogen and oxygen atoms in total. The van der Waals surface area contributed by atoms with Gasteiger partial charge in [0.2, 0.25) is 0 Å². The van der Waals surface area contributed by atoms with Gasteiger partial charge in [-0.05, 0) is 67.1 Å². The van der Waals surface area contributed by atoms with Crippen LogP contribution in [0.1, 0.15) is 49.1 Å². The second kappa shape index (κ2) is 7.82. The minimum Gasteiger partial charge on any atom is -0.308 e. The molecule has 2 aromatic rings. The first kappa shape index (κ1) is 18.2. The maximum atomic E-state index is 8.14. The molecule has 2 atom stereocenters. The van der Waals surface area contributed by atoms with Crippen molar-refractivity contribution >= 4 is 17.0 Å². The molecule has 140 valence electrons. The molecule has 2 aliphatic rings. The van der Waals surface area contributed by atoms with Crippen molar-refractivity contribution < 1.29 is 0 Å². The van der Waals surface area contributed by atoms with Crippen LogP contribution in [0.15, 0.2) is 59.7 Å². The molecular weight excluding hydrogens is 328 g/mol. The van der Waals surface area contributed by atoms with Crippen molar-refractivity contribution in [1.29, 1.82) is 5.41 Å². The summed E-state index contributed by atoms with van der Waals surface area (Å²) in [7, 11) is 4.32. The van der Waals surface area contributed by atoms with Crippen LogP contribution in [0.4, 0.5) is 0 Å². The van der Waals surface area contributed by atoms with Crippen molar-refractivity contribution in [3.8, 4) is 0 Å². The summed E-state index contributed by atoms with van der Waals surface area (Å²) in [4.78, 5) is 2.28. The van der Waals surface area contributed by atoms with Crippen LogP contribution < -0.4 is 0 Å². The van der Waals surface area contributed by atoms with E-state index in [-0.39, 0.29) is 0 Å². The van der Waals surface area contributed by atoms with Gasteiger partial charge in [0.25, 0.3) is 0 Å². The van der Waals surface area contributed by atoms with Gasteiger partial charge in [0.15, 0.2) is 0 Å². The van der Waals surface area contributed by atoms with Crippen molar-refractivity contribution in [2.75, 3.05) is 20.6 Å². The van der Waals surface area contributed by atoms with Crippen LogP contribution in [0.3, 0.4) is 0 Å². The van der Waals surface area contributed by atoms with Crippen LogP contribution in [0, 0.1) is 11.3 Å². The van der Waals surface area contributed by atoms with E-state index in [1.54, 1.807) is 11.8 Å². The van der Waals surface area contributed by atoms with Crippen LogP contribution >= 0.6 is 0 Å². The summed E-state index contributed by atoms with van der Waals surface area (Å²) in [6.07, 6.45) is 12.5. The Bertz CT molecular complexity index is 904. The number of hydrogen-bond acceptors (Lipinski definition) is 2. The van der Waals surface area contributed by atoms with Gasteiger partial charge in [0, 0.05) is 18.3 Å². The summed E-state index contributed by atoms with van der Waals surface area (Å²) in [5.41, 5.74) is 5.69. The van der Waals surface area contributed by atoms with Crippen LogP contribution in [0.25, 0.3) is 10.8 Å². The molecule has 2 aliphatic carbocycles. The molecule has 4 rings (SSSR count). The topological polar surface area (TPSA) is 27.1 Å². The first-order valence-electron chi connectivity index (χ1n) is 10.2. The van der Waals surface area contributed by atoms with Gasteiger partial charge in [-0.15, -0.1) is 0 Å². The highest BCUT2D eigenvalue weighted by Gasteiger charge is 2.32. The lowest BCUT2D eigenvalue weighted by atomic mass is 9.69. The summed E-state index contributed by atoms with van der Waals surface area (Å²) in [6, 6.07) is 13.1. The van der Waals surface area contributed by atoms with Crippen molar-refractivity contribution in [2.24, 2.45) is 5.92 Å². The number of nitrogens with zero attached hydrogens (tertiary/aromatic N) is 1. The van der Waals surface area contributed by atoms with E-state index in [0.717, 1.165) is 18.5 Å². The highest BCUT2D eigenvalue weighted by atomic mass is 15.0. The van der Waals surface area contributed by atoms with Gasteiger partial charge in [0.05, 0.1) is 0 Å². The van der Waals surface area contributed by atoms with Crippen LogP contribution in [0.2, 0.25) is 0 Å². The van der Waals surface area contributed by atoms with E-state index in [1.807, 2.05) is 0 Å².